The van der Waals surface area contributed by atoms with Crippen molar-refractivity contribution in [3.63, 3.8) is 0 Å². The summed E-state index contributed by atoms with van der Waals surface area (Å²) in [6.07, 6.45) is 1.94. The summed E-state index contributed by atoms with van der Waals surface area (Å²) < 4.78 is 10.2. The van der Waals surface area contributed by atoms with Gasteiger partial charge in [-0.1, -0.05) is 0 Å². The van der Waals surface area contributed by atoms with E-state index >= 15 is 0 Å². The van der Waals surface area contributed by atoms with E-state index in [1.807, 2.05) is 29.2 Å². The van der Waals surface area contributed by atoms with Gasteiger partial charge in [0.1, 0.15) is 5.75 Å². The van der Waals surface area contributed by atoms with Gasteiger partial charge in [-0.05, 0) is 37.1 Å². The molecule has 0 heterocycles. The zero-order chi connectivity index (χ0) is 16.2. The lowest BCUT2D eigenvalue weighted by Gasteiger charge is -2.23. The van der Waals surface area contributed by atoms with Crippen LogP contribution in [-0.2, 0) is 9.53 Å². The highest BCUT2D eigenvalue weighted by atomic mass is 16.5. The minimum absolute atomic E-state index is 0.0401. The summed E-state index contributed by atoms with van der Waals surface area (Å²) in [5.74, 6) is 0.562. The normalized spacial score (nSPS) is 10.3. The first kappa shape index (κ1) is 18.3. The van der Waals surface area contributed by atoms with Crippen molar-refractivity contribution in [1.82, 2.24) is 0 Å². The molecule has 0 atom stereocenters. The molecule has 2 N–H and O–H groups in total. The third-order valence-electron chi connectivity index (χ3n) is 3.21. The van der Waals surface area contributed by atoms with E-state index in [4.69, 9.17) is 14.9 Å². The van der Waals surface area contributed by atoms with Crippen molar-refractivity contribution < 1.29 is 24.5 Å². The Morgan fingerprint density at radius 2 is 1.73 bits per heavy atom. The Hall–Kier alpha value is -1.79. The monoisotopic (exact) mass is 311 g/mol. The third kappa shape index (κ3) is 6.78. The number of carbonyl (C=O) groups excluding carboxylic acids is 1. The standard InChI is InChI=1S/C16H25NO5/c1-21-16(20)4-2-3-13-22-15-7-5-14(6-8-15)17(9-11-18)10-12-19/h5-8,18-19H,2-4,9-13H2,1H3. The van der Waals surface area contributed by atoms with Crippen LogP contribution in [0.2, 0.25) is 0 Å². The lowest BCUT2D eigenvalue weighted by atomic mass is 10.2. The molecule has 6 nitrogen and oxygen atoms in total. The van der Waals surface area contributed by atoms with Crippen LogP contribution in [0.1, 0.15) is 19.3 Å². The molecule has 0 amide bonds. The number of hydrogen-bond acceptors (Lipinski definition) is 6. The Balaban J connectivity index is 2.36. The first-order valence-corrected chi connectivity index (χ1v) is 7.47. The second-order valence-electron chi connectivity index (χ2n) is 4.81. The molecular formula is C16H25NO5. The van der Waals surface area contributed by atoms with Crippen LogP contribution in [0.4, 0.5) is 5.69 Å². The maximum atomic E-state index is 10.9. The molecule has 1 rings (SSSR count). The van der Waals surface area contributed by atoms with E-state index in [-0.39, 0.29) is 19.2 Å². The van der Waals surface area contributed by atoms with Crippen molar-refractivity contribution in [3.05, 3.63) is 24.3 Å². The van der Waals surface area contributed by atoms with E-state index in [1.165, 1.54) is 7.11 Å². The second kappa shape index (κ2) is 10.9. The topological polar surface area (TPSA) is 79.2 Å². The van der Waals surface area contributed by atoms with Gasteiger partial charge in [-0.3, -0.25) is 4.79 Å². The average Bonchev–Trinajstić information content (AvgIpc) is 2.54. The van der Waals surface area contributed by atoms with Crippen LogP contribution < -0.4 is 9.64 Å². The summed E-state index contributed by atoms with van der Waals surface area (Å²) >= 11 is 0. The van der Waals surface area contributed by atoms with Crippen LogP contribution >= 0.6 is 0 Å². The van der Waals surface area contributed by atoms with Gasteiger partial charge >= 0.3 is 5.97 Å². The molecule has 0 unspecified atom stereocenters. The van der Waals surface area contributed by atoms with Gasteiger partial charge in [-0.25, -0.2) is 0 Å². The zero-order valence-electron chi connectivity index (χ0n) is 13.0. The third-order valence-corrected chi connectivity index (χ3v) is 3.21. The van der Waals surface area contributed by atoms with Crippen LogP contribution in [0.5, 0.6) is 5.75 Å². The number of benzene rings is 1. The lowest BCUT2D eigenvalue weighted by Crippen LogP contribution is -2.29. The van der Waals surface area contributed by atoms with Gasteiger partial charge in [-0.2, -0.15) is 0 Å². The summed E-state index contributed by atoms with van der Waals surface area (Å²) in [7, 11) is 1.39. The number of esters is 1. The molecule has 0 saturated heterocycles. The van der Waals surface area contributed by atoms with Gasteiger partial charge in [0.05, 0.1) is 26.9 Å². The van der Waals surface area contributed by atoms with Crippen molar-refractivity contribution in [1.29, 1.82) is 0 Å². The lowest BCUT2D eigenvalue weighted by molar-refractivity contribution is -0.140. The molecule has 22 heavy (non-hydrogen) atoms. The Kier molecular flexibility index (Phi) is 9.02. The molecule has 1 aromatic carbocycles. The highest BCUT2D eigenvalue weighted by molar-refractivity contribution is 5.68. The highest BCUT2D eigenvalue weighted by Gasteiger charge is 2.05. The summed E-state index contributed by atoms with van der Waals surface area (Å²) in [6, 6.07) is 7.51. The van der Waals surface area contributed by atoms with Crippen molar-refractivity contribution in [2.45, 2.75) is 19.3 Å². The minimum atomic E-state index is -0.197. The van der Waals surface area contributed by atoms with Crippen molar-refractivity contribution in [3.8, 4) is 5.75 Å². The highest BCUT2D eigenvalue weighted by Crippen LogP contribution is 2.19. The van der Waals surface area contributed by atoms with Gasteiger partial charge in [0.25, 0.3) is 0 Å². The number of aliphatic hydroxyl groups is 2. The molecule has 0 saturated carbocycles. The molecule has 124 valence electrons. The Morgan fingerprint density at radius 1 is 1.09 bits per heavy atom. The van der Waals surface area contributed by atoms with Crippen molar-refractivity contribution in [2.75, 3.05) is 44.9 Å². The fourth-order valence-electron chi connectivity index (χ4n) is 2.03. The van der Waals surface area contributed by atoms with E-state index in [9.17, 15) is 4.79 Å². The Morgan fingerprint density at radius 3 is 2.27 bits per heavy atom. The van der Waals surface area contributed by atoms with E-state index in [2.05, 4.69) is 4.74 Å². The molecule has 0 aromatic heterocycles. The number of methoxy groups -OCH3 is 1. The first-order valence-electron chi connectivity index (χ1n) is 7.47. The molecule has 0 aliphatic carbocycles. The number of aliphatic hydroxyl groups excluding tert-OH is 2. The van der Waals surface area contributed by atoms with Crippen LogP contribution in [0.3, 0.4) is 0 Å². The van der Waals surface area contributed by atoms with Crippen LogP contribution in [-0.4, -0.2) is 56.2 Å². The van der Waals surface area contributed by atoms with E-state index < -0.39 is 0 Å². The van der Waals surface area contributed by atoms with E-state index in [0.717, 1.165) is 24.3 Å². The molecule has 0 spiro atoms. The Bertz CT molecular complexity index is 415. The molecule has 0 aliphatic heterocycles. The molecule has 6 heteroatoms. The van der Waals surface area contributed by atoms with Gasteiger partial charge in [0, 0.05) is 25.2 Å². The van der Waals surface area contributed by atoms with E-state index in [1.54, 1.807) is 0 Å². The van der Waals surface area contributed by atoms with Crippen LogP contribution in [0.25, 0.3) is 0 Å². The maximum Gasteiger partial charge on any atom is 0.305 e. The SMILES string of the molecule is COC(=O)CCCCOc1ccc(N(CCO)CCO)cc1. The van der Waals surface area contributed by atoms with Gasteiger partial charge < -0.3 is 24.6 Å². The average molecular weight is 311 g/mol. The van der Waals surface area contributed by atoms with Gasteiger partial charge in [0.15, 0.2) is 0 Å². The number of nitrogens with zero attached hydrogens (tertiary/aromatic N) is 1. The minimum Gasteiger partial charge on any atom is -0.494 e. The number of ether oxygens (including phenoxy) is 2. The molecule has 1 aromatic rings. The number of anilines is 1. The smallest absolute Gasteiger partial charge is 0.305 e. The zero-order valence-corrected chi connectivity index (χ0v) is 13.0. The fraction of sp³-hybridized carbons (Fsp3) is 0.562. The first-order chi connectivity index (χ1) is 10.7. The molecule has 0 fully saturated rings. The second-order valence-corrected chi connectivity index (χ2v) is 4.81. The number of hydrogen-bond donors (Lipinski definition) is 2. The summed E-state index contributed by atoms with van der Waals surface area (Å²) in [4.78, 5) is 12.9. The predicted molar refractivity (Wildman–Crippen MR) is 84.2 cm³/mol. The molecule has 0 radical (unpaired) electrons. The largest absolute Gasteiger partial charge is 0.494 e. The maximum absolute atomic E-state index is 10.9. The quantitative estimate of drug-likeness (QED) is 0.472. The van der Waals surface area contributed by atoms with Crippen molar-refractivity contribution >= 4 is 11.7 Å². The number of rotatable bonds is 11. The molecule has 0 bridgehead atoms. The van der Waals surface area contributed by atoms with Crippen molar-refractivity contribution in [2.24, 2.45) is 0 Å². The number of carbonyl (C=O) groups is 1. The van der Waals surface area contributed by atoms with Gasteiger partial charge in [-0.15, -0.1) is 0 Å². The predicted octanol–water partition coefficient (Wildman–Crippen LogP) is 1.20. The number of unbranched alkanes of at least 4 members (excludes halogenated alkanes) is 1. The summed E-state index contributed by atoms with van der Waals surface area (Å²) in [5, 5.41) is 18.0. The van der Waals surface area contributed by atoms with Crippen LogP contribution in [0, 0.1) is 0 Å². The van der Waals surface area contributed by atoms with Gasteiger partial charge in [0.2, 0.25) is 0 Å². The summed E-state index contributed by atoms with van der Waals surface area (Å²) in [5.41, 5.74) is 0.932. The summed E-state index contributed by atoms with van der Waals surface area (Å²) in [6.45, 7) is 1.59. The molecule has 0 aliphatic rings. The Labute approximate surface area is 131 Å². The van der Waals surface area contributed by atoms with E-state index in [0.29, 0.717) is 26.1 Å². The van der Waals surface area contributed by atoms with Crippen LogP contribution in [0.15, 0.2) is 24.3 Å². The molecular weight excluding hydrogens is 286 g/mol. The fourth-order valence-corrected chi connectivity index (χ4v) is 2.03.